The maximum atomic E-state index is 12.9. The smallest absolute Gasteiger partial charge is 0.326 e. The number of carboxylic acids is 1. The number of fused-ring (bicyclic) bond motifs is 1. The molecule has 7 heteroatoms. The summed E-state index contributed by atoms with van der Waals surface area (Å²) in [7, 11) is 0. The highest BCUT2D eigenvalue weighted by atomic mass is 16.4. The maximum Gasteiger partial charge on any atom is 0.326 e. The van der Waals surface area contributed by atoms with Crippen LogP contribution in [0.5, 0.6) is 0 Å². The van der Waals surface area contributed by atoms with Crippen molar-refractivity contribution in [2.75, 3.05) is 10.2 Å². The van der Waals surface area contributed by atoms with Crippen molar-refractivity contribution >= 4 is 29.3 Å². The molecule has 7 nitrogen and oxygen atoms in total. The lowest BCUT2D eigenvalue weighted by atomic mass is 9.97. The number of benzene rings is 1. The van der Waals surface area contributed by atoms with Gasteiger partial charge in [0.2, 0.25) is 5.91 Å². The third-order valence-electron chi connectivity index (χ3n) is 4.12. The summed E-state index contributed by atoms with van der Waals surface area (Å²) in [4.78, 5) is 38.2. The van der Waals surface area contributed by atoms with Crippen molar-refractivity contribution in [3.8, 4) is 0 Å². The first-order valence-electron chi connectivity index (χ1n) is 8.44. The minimum Gasteiger partial charge on any atom is -0.480 e. The van der Waals surface area contributed by atoms with E-state index in [9.17, 15) is 19.5 Å². The first-order chi connectivity index (χ1) is 11.7. The molecule has 0 aliphatic carbocycles. The summed E-state index contributed by atoms with van der Waals surface area (Å²) < 4.78 is 0. The van der Waals surface area contributed by atoms with Crippen molar-refractivity contribution < 1.29 is 19.5 Å². The number of hydrogen-bond donors (Lipinski definition) is 3. The van der Waals surface area contributed by atoms with E-state index >= 15 is 0 Å². The summed E-state index contributed by atoms with van der Waals surface area (Å²) in [6, 6.07) is 4.71. The maximum absolute atomic E-state index is 12.9. The zero-order valence-electron chi connectivity index (χ0n) is 14.9. The zero-order chi connectivity index (χ0) is 18.7. The lowest BCUT2D eigenvalue weighted by Crippen LogP contribution is -2.58. The van der Waals surface area contributed by atoms with E-state index in [0.717, 1.165) is 0 Å². The molecule has 1 heterocycles. The highest BCUT2D eigenvalue weighted by molar-refractivity contribution is 6.12. The zero-order valence-corrected chi connectivity index (χ0v) is 14.9. The van der Waals surface area contributed by atoms with Crippen molar-refractivity contribution in [1.29, 1.82) is 0 Å². The van der Waals surface area contributed by atoms with E-state index < -0.39 is 24.1 Å². The van der Waals surface area contributed by atoms with Crippen LogP contribution in [-0.2, 0) is 9.59 Å². The topological polar surface area (TPSA) is 98.7 Å². The van der Waals surface area contributed by atoms with Gasteiger partial charge in [-0.1, -0.05) is 39.8 Å². The Kier molecular flexibility index (Phi) is 5.66. The van der Waals surface area contributed by atoms with Gasteiger partial charge in [-0.2, -0.15) is 0 Å². The Balaban J connectivity index is 2.36. The van der Waals surface area contributed by atoms with Crippen molar-refractivity contribution in [3.05, 3.63) is 24.3 Å². The van der Waals surface area contributed by atoms with E-state index in [2.05, 4.69) is 10.6 Å². The molecule has 136 valence electrons. The number of amides is 3. The summed E-state index contributed by atoms with van der Waals surface area (Å²) in [5, 5.41) is 14.8. The van der Waals surface area contributed by atoms with Gasteiger partial charge in [0.15, 0.2) is 0 Å². The molecule has 1 aromatic carbocycles. The van der Waals surface area contributed by atoms with Crippen molar-refractivity contribution in [3.63, 3.8) is 0 Å². The lowest BCUT2D eigenvalue weighted by molar-refractivity contribution is -0.139. The van der Waals surface area contributed by atoms with Crippen LogP contribution in [0.25, 0.3) is 0 Å². The summed E-state index contributed by atoms with van der Waals surface area (Å²) in [6.07, 6.45) is 0.315. The number of carbonyl (C=O) groups excluding carboxylic acids is 2. The highest BCUT2D eigenvalue weighted by Crippen LogP contribution is 2.34. The average Bonchev–Trinajstić information content (AvgIpc) is 2.51. The molecule has 0 fully saturated rings. The van der Waals surface area contributed by atoms with Gasteiger partial charge in [0.1, 0.15) is 12.1 Å². The van der Waals surface area contributed by atoms with Crippen LogP contribution >= 0.6 is 0 Å². The van der Waals surface area contributed by atoms with Crippen LogP contribution in [0.15, 0.2) is 24.3 Å². The Morgan fingerprint density at radius 1 is 1.24 bits per heavy atom. The first kappa shape index (κ1) is 18.8. The van der Waals surface area contributed by atoms with Gasteiger partial charge < -0.3 is 15.7 Å². The van der Waals surface area contributed by atoms with Gasteiger partial charge in [-0.3, -0.25) is 9.69 Å². The van der Waals surface area contributed by atoms with Gasteiger partial charge in [-0.25, -0.2) is 9.59 Å². The second-order valence-electron chi connectivity index (χ2n) is 7.04. The van der Waals surface area contributed by atoms with Gasteiger partial charge in [-0.05, 0) is 30.4 Å². The van der Waals surface area contributed by atoms with Crippen LogP contribution < -0.4 is 15.5 Å². The van der Waals surface area contributed by atoms with Crippen molar-refractivity contribution in [2.24, 2.45) is 11.8 Å². The predicted octanol–water partition coefficient (Wildman–Crippen LogP) is 2.68. The van der Waals surface area contributed by atoms with Crippen molar-refractivity contribution in [1.82, 2.24) is 5.32 Å². The third-order valence-corrected chi connectivity index (χ3v) is 4.12. The molecule has 1 aromatic rings. The number of anilines is 2. The largest absolute Gasteiger partial charge is 0.480 e. The Labute approximate surface area is 147 Å². The molecule has 2 atom stereocenters. The molecule has 0 spiro atoms. The third kappa shape index (κ3) is 4.10. The van der Waals surface area contributed by atoms with Crippen LogP contribution in [0.2, 0.25) is 0 Å². The van der Waals surface area contributed by atoms with E-state index in [0.29, 0.717) is 17.8 Å². The van der Waals surface area contributed by atoms with Crippen LogP contribution in [0.1, 0.15) is 34.1 Å². The molecular weight excluding hydrogens is 322 g/mol. The summed E-state index contributed by atoms with van der Waals surface area (Å²) in [5.41, 5.74) is 1.10. The molecule has 0 unspecified atom stereocenters. The number of urea groups is 1. The molecule has 1 aliphatic heterocycles. The van der Waals surface area contributed by atoms with Crippen LogP contribution in [0, 0.1) is 11.8 Å². The van der Waals surface area contributed by atoms with E-state index in [1.807, 2.05) is 27.7 Å². The summed E-state index contributed by atoms with van der Waals surface area (Å²) in [6.45, 7) is 7.48. The Morgan fingerprint density at radius 2 is 1.88 bits per heavy atom. The van der Waals surface area contributed by atoms with Gasteiger partial charge in [0.25, 0.3) is 0 Å². The van der Waals surface area contributed by atoms with E-state index in [-0.39, 0.29) is 17.7 Å². The number of hydrogen-bond acceptors (Lipinski definition) is 3. The quantitative estimate of drug-likeness (QED) is 0.762. The normalized spacial score (nSPS) is 17.9. The van der Waals surface area contributed by atoms with Crippen molar-refractivity contribution in [2.45, 2.75) is 46.2 Å². The molecule has 0 bridgehead atoms. The number of nitrogens with zero attached hydrogens (tertiary/aromatic N) is 1. The van der Waals surface area contributed by atoms with E-state index in [4.69, 9.17) is 0 Å². The van der Waals surface area contributed by atoms with Gasteiger partial charge in [0.05, 0.1) is 11.4 Å². The molecule has 0 aromatic heterocycles. The Morgan fingerprint density at radius 3 is 2.44 bits per heavy atom. The molecule has 3 amide bonds. The van der Waals surface area contributed by atoms with Crippen LogP contribution in [0.3, 0.4) is 0 Å². The van der Waals surface area contributed by atoms with Gasteiger partial charge in [0, 0.05) is 0 Å². The monoisotopic (exact) mass is 347 g/mol. The minimum absolute atomic E-state index is 0.110. The number of nitrogens with one attached hydrogen (secondary N) is 2. The average molecular weight is 347 g/mol. The van der Waals surface area contributed by atoms with Crippen LogP contribution in [0.4, 0.5) is 16.2 Å². The molecule has 0 saturated heterocycles. The number of carboxylic acid groups (broad SMARTS) is 1. The summed E-state index contributed by atoms with van der Waals surface area (Å²) >= 11 is 0. The van der Waals surface area contributed by atoms with Gasteiger partial charge in [-0.15, -0.1) is 0 Å². The molecule has 3 N–H and O–H groups in total. The second-order valence-corrected chi connectivity index (χ2v) is 7.04. The standard InChI is InChI=1S/C18H25N3O4/c1-10(2)9-13(17(23)24)20-18(25)21-14-8-6-5-7-12(14)19-16(22)15(21)11(3)4/h5-8,10-11,13,15H,9H2,1-4H3,(H,19,22)(H,20,25)(H,23,24)/t13-,15+/m0/s1. The fourth-order valence-electron chi connectivity index (χ4n) is 3.01. The molecule has 25 heavy (non-hydrogen) atoms. The lowest BCUT2D eigenvalue weighted by Gasteiger charge is -2.38. The SMILES string of the molecule is CC(C)C[C@H](NC(=O)N1c2ccccc2NC(=O)[C@H]1C(C)C)C(=O)O. The highest BCUT2D eigenvalue weighted by Gasteiger charge is 2.39. The molecular formula is C18H25N3O4. The summed E-state index contributed by atoms with van der Waals surface area (Å²) in [5.74, 6) is -1.39. The fourth-order valence-corrected chi connectivity index (χ4v) is 3.01. The number of rotatable bonds is 5. The Bertz CT molecular complexity index is 672. The number of aliphatic carboxylic acids is 1. The fraction of sp³-hybridized carbons (Fsp3) is 0.500. The number of para-hydroxylation sites is 2. The molecule has 0 radical (unpaired) electrons. The predicted molar refractivity (Wildman–Crippen MR) is 95.6 cm³/mol. The second kappa shape index (κ2) is 7.55. The molecule has 2 rings (SSSR count). The van der Waals surface area contributed by atoms with E-state index in [1.54, 1.807) is 24.3 Å². The molecule has 0 saturated carbocycles. The van der Waals surface area contributed by atoms with Gasteiger partial charge >= 0.3 is 12.0 Å². The van der Waals surface area contributed by atoms with Crippen LogP contribution in [-0.4, -0.2) is 35.1 Å². The minimum atomic E-state index is -1.09. The van der Waals surface area contributed by atoms with E-state index in [1.165, 1.54) is 4.90 Å². The Hall–Kier alpha value is -2.57. The first-order valence-corrected chi connectivity index (χ1v) is 8.44. The molecule has 1 aliphatic rings. The number of carbonyl (C=O) groups is 3.